The molecule has 88 valence electrons. The molecule has 0 bridgehead atoms. The highest BCUT2D eigenvalue weighted by Gasteiger charge is 2.23. The number of aromatic nitrogens is 1. The first-order valence-electron chi connectivity index (χ1n) is 5.77. The Morgan fingerprint density at radius 3 is 3.19 bits per heavy atom. The molecule has 1 aromatic heterocycles. The highest BCUT2D eigenvalue weighted by Crippen LogP contribution is 2.19. The maximum Gasteiger partial charge on any atom is 0.141 e. The first kappa shape index (κ1) is 11.5. The summed E-state index contributed by atoms with van der Waals surface area (Å²) in [5, 5.41) is 3.21. The molecule has 4 heteroatoms. The Bertz CT molecular complexity index is 343. The molecule has 0 saturated carbocycles. The van der Waals surface area contributed by atoms with E-state index in [2.05, 4.69) is 15.2 Å². The van der Waals surface area contributed by atoms with Crippen molar-refractivity contribution >= 4 is 0 Å². The minimum atomic E-state index is -0.248. The van der Waals surface area contributed by atoms with Gasteiger partial charge >= 0.3 is 0 Å². The maximum absolute atomic E-state index is 13.0. The first-order valence-corrected chi connectivity index (χ1v) is 5.77. The van der Waals surface area contributed by atoms with Crippen molar-refractivity contribution in [1.29, 1.82) is 0 Å². The molecule has 0 aromatic carbocycles. The topological polar surface area (TPSA) is 28.2 Å². The van der Waals surface area contributed by atoms with Gasteiger partial charge in [-0.25, -0.2) is 4.39 Å². The molecule has 0 spiro atoms. The number of pyridine rings is 1. The number of rotatable bonds is 4. The highest BCUT2D eigenvalue weighted by atomic mass is 19.1. The van der Waals surface area contributed by atoms with Crippen molar-refractivity contribution < 1.29 is 4.39 Å². The predicted octanol–water partition coefficient (Wildman–Crippen LogP) is 1.40. The third kappa shape index (κ3) is 2.77. The minimum absolute atomic E-state index is 0.248. The molecule has 1 saturated heterocycles. The summed E-state index contributed by atoms with van der Waals surface area (Å²) in [6, 6.07) is 2.15. The summed E-state index contributed by atoms with van der Waals surface area (Å²) in [5.74, 6) is -0.248. The molecule has 3 nitrogen and oxygen atoms in total. The van der Waals surface area contributed by atoms with Crippen molar-refractivity contribution in [3.05, 3.63) is 29.8 Å². The van der Waals surface area contributed by atoms with Crippen LogP contribution in [0, 0.1) is 5.82 Å². The summed E-state index contributed by atoms with van der Waals surface area (Å²) in [5.41, 5.74) is 0.961. The van der Waals surface area contributed by atoms with E-state index in [9.17, 15) is 4.39 Å². The van der Waals surface area contributed by atoms with Gasteiger partial charge in [0.15, 0.2) is 0 Å². The lowest BCUT2D eigenvalue weighted by molar-refractivity contribution is 0.242. The van der Waals surface area contributed by atoms with Gasteiger partial charge in [0.2, 0.25) is 0 Å². The van der Waals surface area contributed by atoms with Crippen LogP contribution in [0.15, 0.2) is 18.5 Å². The molecule has 2 rings (SSSR count). The molecule has 1 aliphatic heterocycles. The Morgan fingerprint density at radius 2 is 2.44 bits per heavy atom. The fraction of sp³-hybridized carbons (Fsp3) is 0.583. The summed E-state index contributed by atoms with van der Waals surface area (Å²) in [7, 11) is 1.97. The third-order valence-electron chi connectivity index (χ3n) is 3.09. The number of likely N-dealkylation sites (N-methyl/N-ethyl adjacent to an activating group) is 1. The van der Waals surface area contributed by atoms with Crippen molar-refractivity contribution in [2.75, 3.05) is 20.1 Å². The summed E-state index contributed by atoms with van der Waals surface area (Å²) < 4.78 is 13.0. The van der Waals surface area contributed by atoms with E-state index in [4.69, 9.17) is 0 Å². The Balaban J connectivity index is 1.98. The zero-order chi connectivity index (χ0) is 11.4. The van der Waals surface area contributed by atoms with E-state index < -0.39 is 0 Å². The second kappa shape index (κ2) is 5.37. The lowest BCUT2D eigenvalue weighted by atomic mass is 10.2. The van der Waals surface area contributed by atoms with Crippen LogP contribution in [0.4, 0.5) is 4.39 Å². The van der Waals surface area contributed by atoms with E-state index in [0.29, 0.717) is 6.04 Å². The van der Waals surface area contributed by atoms with E-state index in [-0.39, 0.29) is 5.82 Å². The van der Waals surface area contributed by atoms with Gasteiger partial charge in [-0.15, -0.1) is 0 Å². The van der Waals surface area contributed by atoms with E-state index in [1.54, 1.807) is 12.3 Å². The van der Waals surface area contributed by atoms with Crippen molar-refractivity contribution in [1.82, 2.24) is 15.2 Å². The standard InChI is InChI=1S/C12H18FN3/c1-14-8-12-3-2-4-16(12)9-10-5-11(13)7-15-6-10/h5-7,12,14H,2-4,8-9H2,1H3. The summed E-state index contributed by atoms with van der Waals surface area (Å²) in [4.78, 5) is 6.28. The van der Waals surface area contributed by atoms with Gasteiger partial charge in [-0.3, -0.25) is 9.88 Å². The van der Waals surface area contributed by atoms with Gasteiger partial charge in [-0.2, -0.15) is 0 Å². The lowest BCUT2D eigenvalue weighted by Gasteiger charge is -2.24. The molecule has 1 fully saturated rings. The van der Waals surface area contributed by atoms with Gasteiger partial charge < -0.3 is 5.32 Å². The van der Waals surface area contributed by atoms with Gasteiger partial charge in [0.25, 0.3) is 0 Å². The molecule has 16 heavy (non-hydrogen) atoms. The zero-order valence-corrected chi connectivity index (χ0v) is 9.62. The molecule has 0 radical (unpaired) electrons. The quantitative estimate of drug-likeness (QED) is 0.836. The van der Waals surface area contributed by atoms with Gasteiger partial charge in [0, 0.05) is 25.3 Å². The van der Waals surface area contributed by atoms with Crippen molar-refractivity contribution in [3.63, 3.8) is 0 Å². The lowest BCUT2D eigenvalue weighted by Crippen LogP contribution is -2.36. The number of hydrogen-bond acceptors (Lipinski definition) is 3. The van der Waals surface area contributed by atoms with Crippen molar-refractivity contribution in [2.24, 2.45) is 0 Å². The molecule has 1 N–H and O–H groups in total. The molecule has 1 atom stereocenters. The molecule has 2 heterocycles. The van der Waals surface area contributed by atoms with Gasteiger partial charge in [0.05, 0.1) is 6.20 Å². The average molecular weight is 223 g/mol. The monoisotopic (exact) mass is 223 g/mol. The highest BCUT2D eigenvalue weighted by molar-refractivity contribution is 5.10. The first-order chi connectivity index (χ1) is 7.79. The molecular weight excluding hydrogens is 205 g/mol. The summed E-state index contributed by atoms with van der Waals surface area (Å²) in [6.07, 6.45) is 5.45. The van der Waals surface area contributed by atoms with E-state index in [1.807, 2.05) is 7.05 Å². The Hall–Kier alpha value is -1.00. The third-order valence-corrected chi connectivity index (χ3v) is 3.09. The maximum atomic E-state index is 13.0. The van der Waals surface area contributed by atoms with Gasteiger partial charge in [-0.1, -0.05) is 0 Å². The normalized spacial score (nSPS) is 21.5. The molecular formula is C12H18FN3. The number of nitrogens with zero attached hydrogens (tertiary/aromatic N) is 2. The van der Waals surface area contributed by atoms with E-state index >= 15 is 0 Å². The van der Waals surface area contributed by atoms with Gasteiger partial charge in [-0.05, 0) is 38.1 Å². The summed E-state index contributed by atoms with van der Waals surface area (Å²) in [6.45, 7) is 2.91. The van der Waals surface area contributed by atoms with E-state index in [0.717, 1.165) is 25.2 Å². The molecule has 0 aliphatic carbocycles. The number of likely N-dealkylation sites (tertiary alicyclic amines) is 1. The minimum Gasteiger partial charge on any atom is -0.318 e. The molecule has 0 amide bonds. The molecule has 1 aromatic rings. The second-order valence-corrected chi connectivity index (χ2v) is 4.34. The van der Waals surface area contributed by atoms with Crippen LogP contribution in [0.2, 0.25) is 0 Å². The fourth-order valence-corrected chi connectivity index (χ4v) is 2.35. The van der Waals surface area contributed by atoms with Crippen molar-refractivity contribution in [3.8, 4) is 0 Å². The van der Waals surface area contributed by atoms with Crippen molar-refractivity contribution in [2.45, 2.75) is 25.4 Å². The number of hydrogen-bond donors (Lipinski definition) is 1. The second-order valence-electron chi connectivity index (χ2n) is 4.34. The van der Waals surface area contributed by atoms with Crippen LogP contribution in [-0.2, 0) is 6.54 Å². The number of halogens is 1. The summed E-state index contributed by atoms with van der Waals surface area (Å²) >= 11 is 0. The molecule has 1 unspecified atom stereocenters. The van der Waals surface area contributed by atoms with Crippen LogP contribution in [-0.4, -0.2) is 36.1 Å². The van der Waals surface area contributed by atoms with Crippen LogP contribution in [0.3, 0.4) is 0 Å². The van der Waals surface area contributed by atoms with Crippen LogP contribution in [0.25, 0.3) is 0 Å². The predicted molar refractivity (Wildman–Crippen MR) is 61.6 cm³/mol. The van der Waals surface area contributed by atoms with E-state index in [1.165, 1.54) is 19.0 Å². The SMILES string of the molecule is CNCC1CCCN1Cc1cncc(F)c1. The largest absolute Gasteiger partial charge is 0.318 e. The molecule has 1 aliphatic rings. The van der Waals surface area contributed by atoms with Gasteiger partial charge in [0.1, 0.15) is 5.82 Å². The van der Waals surface area contributed by atoms with Crippen LogP contribution in [0.5, 0.6) is 0 Å². The zero-order valence-electron chi connectivity index (χ0n) is 9.62. The fourth-order valence-electron chi connectivity index (χ4n) is 2.35. The Morgan fingerprint density at radius 1 is 1.56 bits per heavy atom. The number of nitrogens with one attached hydrogen (secondary N) is 1. The average Bonchev–Trinajstić information content (AvgIpc) is 2.66. The van der Waals surface area contributed by atoms with Crippen LogP contribution in [0.1, 0.15) is 18.4 Å². The Kier molecular flexibility index (Phi) is 3.85. The Labute approximate surface area is 95.7 Å². The van der Waals surface area contributed by atoms with Crippen LogP contribution >= 0.6 is 0 Å². The smallest absolute Gasteiger partial charge is 0.141 e. The van der Waals surface area contributed by atoms with Crippen LogP contribution < -0.4 is 5.32 Å².